The first kappa shape index (κ1) is 12.3. The van der Waals surface area contributed by atoms with Crippen LogP contribution in [0.4, 0.5) is 10.2 Å². The van der Waals surface area contributed by atoms with Gasteiger partial charge in [-0.3, -0.25) is 0 Å². The maximum atomic E-state index is 13.1. The first-order chi connectivity index (χ1) is 8.11. The monoisotopic (exact) mass is 237 g/mol. The summed E-state index contributed by atoms with van der Waals surface area (Å²) in [4.78, 5) is 6.49. The zero-order chi connectivity index (χ0) is 12.4. The Morgan fingerprint density at radius 1 is 1.47 bits per heavy atom. The average molecular weight is 237 g/mol. The van der Waals surface area contributed by atoms with Crippen molar-refractivity contribution in [3.63, 3.8) is 0 Å². The fourth-order valence-electron chi connectivity index (χ4n) is 2.47. The SMILES string of the molecule is CC1CCC(C)N(c2ncc(F)cc2CN)C1. The van der Waals surface area contributed by atoms with E-state index in [0.717, 1.165) is 24.3 Å². The van der Waals surface area contributed by atoms with Crippen LogP contribution in [0.25, 0.3) is 0 Å². The maximum Gasteiger partial charge on any atom is 0.141 e. The molecule has 2 rings (SSSR count). The van der Waals surface area contributed by atoms with Gasteiger partial charge in [0.05, 0.1) is 6.20 Å². The van der Waals surface area contributed by atoms with Crippen molar-refractivity contribution in [2.75, 3.05) is 11.4 Å². The van der Waals surface area contributed by atoms with Crippen LogP contribution < -0.4 is 10.6 Å². The van der Waals surface area contributed by atoms with Crippen molar-refractivity contribution in [2.45, 2.75) is 39.3 Å². The molecule has 0 spiro atoms. The number of pyridine rings is 1. The maximum absolute atomic E-state index is 13.1. The fourth-order valence-corrected chi connectivity index (χ4v) is 2.47. The fraction of sp³-hybridized carbons (Fsp3) is 0.615. The second-order valence-corrected chi connectivity index (χ2v) is 5.02. The quantitative estimate of drug-likeness (QED) is 0.858. The lowest BCUT2D eigenvalue weighted by Gasteiger charge is -2.38. The number of hydrogen-bond acceptors (Lipinski definition) is 3. The normalized spacial score (nSPS) is 25.1. The highest BCUT2D eigenvalue weighted by atomic mass is 19.1. The van der Waals surface area contributed by atoms with Gasteiger partial charge in [0, 0.05) is 24.7 Å². The van der Waals surface area contributed by atoms with Gasteiger partial charge in [0.25, 0.3) is 0 Å². The Balaban J connectivity index is 2.31. The number of halogens is 1. The molecule has 1 aromatic heterocycles. The van der Waals surface area contributed by atoms with E-state index in [9.17, 15) is 4.39 Å². The number of aromatic nitrogens is 1. The number of nitrogens with two attached hydrogens (primary N) is 1. The molecule has 2 heterocycles. The molecule has 0 aromatic carbocycles. The smallest absolute Gasteiger partial charge is 0.141 e. The van der Waals surface area contributed by atoms with Crippen molar-refractivity contribution in [1.29, 1.82) is 0 Å². The summed E-state index contributed by atoms with van der Waals surface area (Å²) in [5.41, 5.74) is 6.47. The van der Waals surface area contributed by atoms with Gasteiger partial charge in [-0.15, -0.1) is 0 Å². The zero-order valence-electron chi connectivity index (χ0n) is 10.5. The molecule has 0 radical (unpaired) electrons. The summed E-state index contributed by atoms with van der Waals surface area (Å²) < 4.78 is 13.1. The van der Waals surface area contributed by atoms with Gasteiger partial charge in [-0.1, -0.05) is 6.92 Å². The highest BCUT2D eigenvalue weighted by Gasteiger charge is 2.25. The number of nitrogens with zero attached hydrogens (tertiary/aromatic N) is 2. The van der Waals surface area contributed by atoms with Crippen LogP contribution >= 0.6 is 0 Å². The van der Waals surface area contributed by atoms with E-state index in [4.69, 9.17) is 5.73 Å². The minimum Gasteiger partial charge on any atom is -0.353 e. The minimum atomic E-state index is -0.313. The Bertz CT molecular complexity index is 394. The summed E-state index contributed by atoms with van der Waals surface area (Å²) >= 11 is 0. The number of piperidine rings is 1. The van der Waals surface area contributed by atoms with E-state index in [1.165, 1.54) is 18.7 Å². The van der Waals surface area contributed by atoms with Crippen molar-refractivity contribution >= 4 is 5.82 Å². The molecule has 1 saturated heterocycles. The van der Waals surface area contributed by atoms with Crippen LogP contribution in [-0.4, -0.2) is 17.6 Å². The molecule has 0 bridgehead atoms. The van der Waals surface area contributed by atoms with Crippen molar-refractivity contribution in [3.8, 4) is 0 Å². The van der Waals surface area contributed by atoms with E-state index in [-0.39, 0.29) is 5.82 Å². The standard InChI is InChI=1S/C13H20FN3/c1-9-3-4-10(2)17(8-9)13-11(6-15)5-12(14)7-16-13/h5,7,9-10H,3-4,6,8,15H2,1-2H3. The predicted octanol–water partition coefficient (Wildman–Crippen LogP) is 2.30. The molecular weight excluding hydrogens is 217 g/mol. The zero-order valence-corrected chi connectivity index (χ0v) is 10.5. The summed E-state index contributed by atoms with van der Waals surface area (Å²) in [6.45, 7) is 5.74. The van der Waals surface area contributed by atoms with Crippen molar-refractivity contribution < 1.29 is 4.39 Å². The van der Waals surface area contributed by atoms with Crippen molar-refractivity contribution in [1.82, 2.24) is 4.98 Å². The van der Waals surface area contributed by atoms with Gasteiger partial charge < -0.3 is 10.6 Å². The van der Waals surface area contributed by atoms with Crippen molar-refractivity contribution in [2.24, 2.45) is 11.7 Å². The first-order valence-electron chi connectivity index (χ1n) is 6.23. The van der Waals surface area contributed by atoms with E-state index in [1.54, 1.807) is 0 Å². The Morgan fingerprint density at radius 2 is 2.24 bits per heavy atom. The van der Waals surface area contributed by atoms with Gasteiger partial charge in [-0.25, -0.2) is 9.37 Å². The first-order valence-corrected chi connectivity index (χ1v) is 6.23. The molecule has 17 heavy (non-hydrogen) atoms. The number of anilines is 1. The molecule has 2 atom stereocenters. The highest BCUT2D eigenvalue weighted by molar-refractivity contribution is 5.48. The molecule has 1 aliphatic rings. The Kier molecular flexibility index (Phi) is 3.62. The van der Waals surface area contributed by atoms with Gasteiger partial charge in [-0.05, 0) is 31.7 Å². The molecule has 1 fully saturated rings. The summed E-state index contributed by atoms with van der Waals surface area (Å²) in [5, 5.41) is 0. The topological polar surface area (TPSA) is 42.2 Å². The molecule has 94 valence electrons. The van der Waals surface area contributed by atoms with Crippen LogP contribution in [0.1, 0.15) is 32.3 Å². The lowest BCUT2D eigenvalue weighted by atomic mass is 9.94. The van der Waals surface area contributed by atoms with Crippen molar-refractivity contribution in [3.05, 3.63) is 23.6 Å². The summed E-state index contributed by atoms with van der Waals surface area (Å²) in [5.74, 6) is 1.20. The van der Waals surface area contributed by atoms with E-state index in [1.807, 2.05) is 0 Å². The number of rotatable bonds is 2. The Labute approximate surface area is 102 Å². The second kappa shape index (κ2) is 5.00. The van der Waals surface area contributed by atoms with Gasteiger partial charge in [0.1, 0.15) is 11.6 Å². The molecule has 2 N–H and O–H groups in total. The Hall–Kier alpha value is -1.16. The van der Waals surface area contributed by atoms with E-state index in [0.29, 0.717) is 18.5 Å². The second-order valence-electron chi connectivity index (χ2n) is 5.02. The average Bonchev–Trinajstić information content (AvgIpc) is 2.32. The van der Waals surface area contributed by atoms with Crippen LogP contribution in [0.5, 0.6) is 0 Å². The third kappa shape index (κ3) is 2.57. The lowest BCUT2D eigenvalue weighted by molar-refractivity contribution is 0.387. The van der Waals surface area contributed by atoms with E-state index >= 15 is 0 Å². The van der Waals surface area contributed by atoms with Crippen LogP contribution in [0.3, 0.4) is 0 Å². The highest BCUT2D eigenvalue weighted by Crippen LogP contribution is 2.28. The molecule has 4 heteroatoms. The third-order valence-corrected chi connectivity index (χ3v) is 3.52. The summed E-state index contributed by atoms with van der Waals surface area (Å²) in [6, 6.07) is 1.95. The Morgan fingerprint density at radius 3 is 2.94 bits per heavy atom. The molecule has 1 aromatic rings. The summed E-state index contributed by atoms with van der Waals surface area (Å²) in [7, 11) is 0. The minimum absolute atomic E-state index is 0.313. The van der Waals surface area contributed by atoms with Crippen LogP contribution in [0, 0.1) is 11.7 Å². The molecule has 2 unspecified atom stereocenters. The van der Waals surface area contributed by atoms with Gasteiger partial charge in [-0.2, -0.15) is 0 Å². The lowest BCUT2D eigenvalue weighted by Crippen LogP contribution is -2.42. The van der Waals surface area contributed by atoms with Gasteiger partial charge >= 0.3 is 0 Å². The predicted molar refractivity (Wildman–Crippen MR) is 67.3 cm³/mol. The molecule has 0 aliphatic carbocycles. The van der Waals surface area contributed by atoms with E-state index < -0.39 is 0 Å². The van der Waals surface area contributed by atoms with Gasteiger partial charge in [0.15, 0.2) is 0 Å². The van der Waals surface area contributed by atoms with Gasteiger partial charge in [0.2, 0.25) is 0 Å². The molecule has 3 nitrogen and oxygen atoms in total. The van der Waals surface area contributed by atoms with Crippen LogP contribution in [0.15, 0.2) is 12.3 Å². The third-order valence-electron chi connectivity index (χ3n) is 3.52. The molecule has 0 saturated carbocycles. The summed E-state index contributed by atoms with van der Waals surface area (Å²) in [6.07, 6.45) is 3.68. The molecule has 1 aliphatic heterocycles. The largest absolute Gasteiger partial charge is 0.353 e. The van der Waals surface area contributed by atoms with E-state index in [2.05, 4.69) is 23.7 Å². The number of hydrogen-bond donors (Lipinski definition) is 1. The van der Waals surface area contributed by atoms with Crippen LogP contribution in [-0.2, 0) is 6.54 Å². The molecular formula is C13H20FN3. The molecule has 0 amide bonds. The van der Waals surface area contributed by atoms with Crippen LogP contribution in [0.2, 0.25) is 0 Å².